The van der Waals surface area contributed by atoms with Gasteiger partial charge in [0.2, 0.25) is 0 Å². The van der Waals surface area contributed by atoms with E-state index in [1.165, 1.54) is 43.2 Å². The lowest BCUT2D eigenvalue weighted by molar-refractivity contribution is 0.0654. The molecule has 2 aromatic rings. The van der Waals surface area contributed by atoms with E-state index in [1.807, 2.05) is 0 Å². The summed E-state index contributed by atoms with van der Waals surface area (Å²) in [5, 5.41) is 0. The molecule has 0 radical (unpaired) electrons. The van der Waals surface area contributed by atoms with Gasteiger partial charge in [0.05, 0.1) is 0 Å². The van der Waals surface area contributed by atoms with Gasteiger partial charge in [-0.1, -0.05) is 79.9 Å². The van der Waals surface area contributed by atoms with Crippen LogP contribution in [0.25, 0.3) is 0 Å². The van der Waals surface area contributed by atoms with Crippen molar-refractivity contribution in [2.75, 3.05) is 7.05 Å². The van der Waals surface area contributed by atoms with E-state index in [9.17, 15) is 0 Å². The van der Waals surface area contributed by atoms with Crippen LogP contribution in [-0.2, 0) is 12.1 Å². The van der Waals surface area contributed by atoms with Gasteiger partial charge in [0.15, 0.2) is 0 Å². The molecular formula is C20H25N. The van der Waals surface area contributed by atoms with E-state index in [0.29, 0.717) is 0 Å². The highest BCUT2D eigenvalue weighted by Gasteiger charge is 2.37. The smallest absolute Gasteiger partial charge is 0.0461 e. The number of hydrogen-bond donors (Lipinski definition) is 0. The zero-order chi connectivity index (χ0) is 14.5. The number of hydrogen-bond acceptors (Lipinski definition) is 1. The summed E-state index contributed by atoms with van der Waals surface area (Å²) >= 11 is 0. The van der Waals surface area contributed by atoms with Crippen molar-refractivity contribution in [3.8, 4) is 0 Å². The van der Waals surface area contributed by atoms with E-state index in [1.54, 1.807) is 0 Å². The van der Waals surface area contributed by atoms with Crippen LogP contribution in [0.1, 0.15) is 43.2 Å². The highest BCUT2D eigenvalue weighted by Crippen LogP contribution is 2.42. The maximum absolute atomic E-state index is 2.58. The molecule has 3 rings (SSSR count). The topological polar surface area (TPSA) is 3.24 Å². The summed E-state index contributed by atoms with van der Waals surface area (Å²) in [6.45, 7) is 1.02. The largest absolute Gasteiger partial charge is 0.292 e. The van der Waals surface area contributed by atoms with E-state index in [0.717, 1.165) is 6.54 Å². The highest BCUT2D eigenvalue weighted by molar-refractivity contribution is 5.26. The standard InChI is InChI=1S/C20H25N/c1-21(17-18-11-5-2-6-12-18)20(15-9-4-10-16-20)19-13-7-3-8-14-19/h2-3,5-8,11-14H,4,9-10,15-17H2,1H3. The second-order valence-electron chi connectivity index (χ2n) is 6.30. The third kappa shape index (κ3) is 3.03. The zero-order valence-corrected chi connectivity index (χ0v) is 13.0. The predicted molar refractivity (Wildman–Crippen MR) is 89.1 cm³/mol. The lowest BCUT2D eigenvalue weighted by atomic mass is 9.75. The Balaban J connectivity index is 1.88. The average molecular weight is 279 g/mol. The zero-order valence-electron chi connectivity index (χ0n) is 13.0. The number of benzene rings is 2. The van der Waals surface area contributed by atoms with Crippen LogP contribution in [0.4, 0.5) is 0 Å². The van der Waals surface area contributed by atoms with Gasteiger partial charge in [0, 0.05) is 12.1 Å². The lowest BCUT2D eigenvalue weighted by Crippen LogP contribution is -2.44. The minimum Gasteiger partial charge on any atom is -0.292 e. The molecule has 0 heterocycles. The van der Waals surface area contributed by atoms with Crippen LogP contribution in [0.3, 0.4) is 0 Å². The molecule has 1 heteroatoms. The van der Waals surface area contributed by atoms with Gasteiger partial charge in [-0.3, -0.25) is 4.90 Å². The molecule has 21 heavy (non-hydrogen) atoms. The molecule has 0 atom stereocenters. The van der Waals surface area contributed by atoms with Crippen LogP contribution >= 0.6 is 0 Å². The van der Waals surface area contributed by atoms with Crippen LogP contribution in [-0.4, -0.2) is 11.9 Å². The molecular weight excluding hydrogens is 254 g/mol. The molecule has 1 saturated carbocycles. The van der Waals surface area contributed by atoms with E-state index < -0.39 is 0 Å². The van der Waals surface area contributed by atoms with Gasteiger partial charge in [-0.15, -0.1) is 0 Å². The average Bonchev–Trinajstić information content (AvgIpc) is 2.57. The fourth-order valence-electron chi connectivity index (χ4n) is 3.78. The Labute approximate surface area is 128 Å². The first-order chi connectivity index (χ1) is 10.3. The Kier molecular flexibility index (Phi) is 4.40. The summed E-state index contributed by atoms with van der Waals surface area (Å²) in [5.74, 6) is 0. The Hall–Kier alpha value is -1.60. The second-order valence-corrected chi connectivity index (χ2v) is 6.30. The van der Waals surface area contributed by atoms with Gasteiger partial charge >= 0.3 is 0 Å². The molecule has 110 valence electrons. The van der Waals surface area contributed by atoms with E-state index in [2.05, 4.69) is 72.6 Å². The predicted octanol–water partition coefficient (Wildman–Crippen LogP) is 4.98. The third-order valence-electron chi connectivity index (χ3n) is 4.99. The molecule has 1 fully saturated rings. The molecule has 1 nitrogen and oxygen atoms in total. The van der Waals surface area contributed by atoms with Crippen molar-refractivity contribution in [2.45, 2.75) is 44.2 Å². The van der Waals surface area contributed by atoms with Crippen molar-refractivity contribution >= 4 is 0 Å². The Bertz CT molecular complexity index is 541. The molecule has 2 aromatic carbocycles. The molecule has 0 saturated heterocycles. The molecule has 0 spiro atoms. The van der Waals surface area contributed by atoms with E-state index >= 15 is 0 Å². The fraction of sp³-hybridized carbons (Fsp3) is 0.400. The fourth-order valence-corrected chi connectivity index (χ4v) is 3.78. The van der Waals surface area contributed by atoms with Gasteiger partial charge in [-0.25, -0.2) is 0 Å². The summed E-state index contributed by atoms with van der Waals surface area (Å²) in [5.41, 5.74) is 3.11. The second kappa shape index (κ2) is 6.44. The van der Waals surface area contributed by atoms with Gasteiger partial charge in [-0.2, -0.15) is 0 Å². The minimum absolute atomic E-state index is 0.218. The van der Waals surface area contributed by atoms with Crippen molar-refractivity contribution in [3.63, 3.8) is 0 Å². The van der Waals surface area contributed by atoms with Crippen LogP contribution < -0.4 is 0 Å². The highest BCUT2D eigenvalue weighted by atomic mass is 15.2. The van der Waals surface area contributed by atoms with Crippen molar-refractivity contribution in [3.05, 3.63) is 71.8 Å². The molecule has 1 aliphatic rings. The van der Waals surface area contributed by atoms with Gasteiger partial charge in [-0.05, 0) is 31.0 Å². The molecule has 1 aliphatic carbocycles. The summed E-state index contributed by atoms with van der Waals surface area (Å²) < 4.78 is 0. The van der Waals surface area contributed by atoms with E-state index in [4.69, 9.17) is 0 Å². The van der Waals surface area contributed by atoms with Gasteiger partial charge in [0.1, 0.15) is 0 Å². The van der Waals surface area contributed by atoms with Crippen molar-refractivity contribution < 1.29 is 0 Å². The SMILES string of the molecule is CN(Cc1ccccc1)C1(c2ccccc2)CCCCC1. The third-order valence-corrected chi connectivity index (χ3v) is 4.99. The summed E-state index contributed by atoms with van der Waals surface area (Å²) in [4.78, 5) is 2.58. The maximum Gasteiger partial charge on any atom is 0.0461 e. The summed E-state index contributed by atoms with van der Waals surface area (Å²) in [6, 6.07) is 22.0. The Morgan fingerprint density at radius 3 is 2.00 bits per heavy atom. The van der Waals surface area contributed by atoms with Gasteiger partial charge in [0.25, 0.3) is 0 Å². The van der Waals surface area contributed by atoms with Gasteiger partial charge < -0.3 is 0 Å². The molecule has 0 unspecified atom stereocenters. The Morgan fingerprint density at radius 1 is 0.810 bits per heavy atom. The monoisotopic (exact) mass is 279 g/mol. The van der Waals surface area contributed by atoms with Crippen LogP contribution in [0.2, 0.25) is 0 Å². The quantitative estimate of drug-likeness (QED) is 0.763. The lowest BCUT2D eigenvalue weighted by Gasteiger charge is -2.45. The normalized spacial score (nSPS) is 17.8. The molecule has 0 N–H and O–H groups in total. The summed E-state index contributed by atoms with van der Waals surface area (Å²) in [7, 11) is 2.30. The molecule has 0 bridgehead atoms. The first-order valence-electron chi connectivity index (χ1n) is 8.12. The minimum atomic E-state index is 0.218. The van der Waals surface area contributed by atoms with Crippen molar-refractivity contribution in [1.82, 2.24) is 4.90 Å². The van der Waals surface area contributed by atoms with Crippen LogP contribution in [0.15, 0.2) is 60.7 Å². The van der Waals surface area contributed by atoms with Crippen molar-refractivity contribution in [2.24, 2.45) is 0 Å². The number of nitrogens with zero attached hydrogens (tertiary/aromatic N) is 1. The Morgan fingerprint density at radius 2 is 1.38 bits per heavy atom. The summed E-state index contributed by atoms with van der Waals surface area (Å²) in [6.07, 6.45) is 6.62. The maximum atomic E-state index is 2.58. The molecule has 0 amide bonds. The van der Waals surface area contributed by atoms with Crippen LogP contribution in [0.5, 0.6) is 0 Å². The first-order valence-corrected chi connectivity index (χ1v) is 8.12. The first kappa shape index (κ1) is 14.3. The van der Waals surface area contributed by atoms with Crippen LogP contribution in [0, 0.1) is 0 Å². The number of rotatable bonds is 4. The molecule has 0 aliphatic heterocycles. The van der Waals surface area contributed by atoms with E-state index in [-0.39, 0.29) is 5.54 Å². The van der Waals surface area contributed by atoms with Crippen molar-refractivity contribution in [1.29, 1.82) is 0 Å². The molecule has 0 aromatic heterocycles.